The van der Waals surface area contributed by atoms with Crippen LogP contribution in [0.15, 0.2) is 120 Å². The van der Waals surface area contributed by atoms with Crippen molar-refractivity contribution in [3.05, 3.63) is 132 Å². The molecule has 31 heavy (non-hydrogen) atoms. The number of aliphatic imine (C=N–C) groups is 1. The summed E-state index contributed by atoms with van der Waals surface area (Å²) >= 11 is 1.77. The van der Waals surface area contributed by atoms with E-state index in [1.165, 1.54) is 27.8 Å². The second-order valence-electron chi connectivity index (χ2n) is 7.67. The molecule has 0 radical (unpaired) electrons. The molecule has 0 spiro atoms. The van der Waals surface area contributed by atoms with Crippen molar-refractivity contribution in [2.24, 2.45) is 4.99 Å². The summed E-state index contributed by atoms with van der Waals surface area (Å²) in [4.78, 5) is 5.06. The Morgan fingerprint density at radius 2 is 1.16 bits per heavy atom. The molecule has 0 aromatic heterocycles. The third-order valence-electron chi connectivity index (χ3n) is 5.59. The fourth-order valence-electron chi connectivity index (χ4n) is 3.95. The molecule has 5 rings (SSSR count). The fourth-order valence-corrected chi connectivity index (χ4v) is 4.84. The molecule has 2 atom stereocenters. The SMILES string of the molecule is c1ccc(-c2ccc(CSC3=NC(c4ccccc4)C(c4ccccc4)N3)cc2)cc1. The molecule has 2 unspecified atom stereocenters. The number of rotatable bonds is 5. The first kappa shape index (κ1) is 19.7. The summed E-state index contributed by atoms with van der Waals surface area (Å²) in [5.41, 5.74) is 6.31. The van der Waals surface area contributed by atoms with E-state index in [1.807, 2.05) is 0 Å². The molecule has 0 aliphatic carbocycles. The van der Waals surface area contributed by atoms with E-state index < -0.39 is 0 Å². The maximum Gasteiger partial charge on any atom is 0.158 e. The van der Waals surface area contributed by atoms with Crippen molar-refractivity contribution in [2.45, 2.75) is 17.8 Å². The Kier molecular flexibility index (Phi) is 5.85. The van der Waals surface area contributed by atoms with Crippen molar-refractivity contribution >= 4 is 16.9 Å². The van der Waals surface area contributed by atoms with E-state index in [4.69, 9.17) is 4.99 Å². The molecular weight excluding hydrogens is 396 g/mol. The normalized spacial score (nSPS) is 17.7. The number of nitrogens with one attached hydrogen (secondary N) is 1. The maximum atomic E-state index is 5.06. The summed E-state index contributed by atoms with van der Waals surface area (Å²) in [5, 5.41) is 4.69. The van der Waals surface area contributed by atoms with Gasteiger partial charge in [0.1, 0.15) is 6.04 Å². The minimum absolute atomic E-state index is 0.0894. The predicted octanol–water partition coefficient (Wildman–Crippen LogP) is 7.03. The van der Waals surface area contributed by atoms with E-state index in [-0.39, 0.29) is 12.1 Å². The first-order valence-electron chi connectivity index (χ1n) is 10.6. The highest BCUT2D eigenvalue weighted by atomic mass is 32.2. The van der Waals surface area contributed by atoms with Crippen molar-refractivity contribution in [3.63, 3.8) is 0 Å². The van der Waals surface area contributed by atoms with Crippen molar-refractivity contribution in [2.75, 3.05) is 0 Å². The first-order valence-corrected chi connectivity index (χ1v) is 11.6. The lowest BCUT2D eigenvalue weighted by molar-refractivity contribution is 0.573. The molecule has 0 fully saturated rings. The smallest absolute Gasteiger partial charge is 0.158 e. The summed E-state index contributed by atoms with van der Waals surface area (Å²) in [6.07, 6.45) is 0. The lowest BCUT2D eigenvalue weighted by Crippen LogP contribution is -2.22. The number of thioether (sulfide) groups is 1. The van der Waals surface area contributed by atoms with Crippen molar-refractivity contribution < 1.29 is 0 Å². The lowest BCUT2D eigenvalue weighted by atomic mass is 9.95. The van der Waals surface area contributed by atoms with Crippen LogP contribution >= 0.6 is 11.8 Å². The van der Waals surface area contributed by atoms with E-state index in [9.17, 15) is 0 Å². The van der Waals surface area contributed by atoms with Gasteiger partial charge in [0.15, 0.2) is 5.17 Å². The van der Waals surface area contributed by atoms with E-state index in [0.717, 1.165) is 10.9 Å². The molecule has 1 heterocycles. The summed E-state index contributed by atoms with van der Waals surface area (Å²) < 4.78 is 0. The molecule has 0 saturated heterocycles. The summed E-state index contributed by atoms with van der Waals surface area (Å²) in [6.45, 7) is 0. The number of benzene rings is 4. The Morgan fingerprint density at radius 3 is 1.81 bits per heavy atom. The Balaban J connectivity index is 1.31. The molecule has 4 aromatic rings. The second-order valence-corrected chi connectivity index (χ2v) is 8.64. The molecule has 152 valence electrons. The van der Waals surface area contributed by atoms with Crippen LogP contribution in [-0.4, -0.2) is 5.17 Å². The van der Waals surface area contributed by atoms with E-state index >= 15 is 0 Å². The minimum Gasteiger partial charge on any atom is -0.356 e. The Bertz CT molecular complexity index is 1140. The topological polar surface area (TPSA) is 24.4 Å². The van der Waals surface area contributed by atoms with Gasteiger partial charge in [-0.15, -0.1) is 0 Å². The van der Waals surface area contributed by atoms with Gasteiger partial charge in [-0.2, -0.15) is 0 Å². The first-order chi connectivity index (χ1) is 15.4. The highest BCUT2D eigenvalue weighted by molar-refractivity contribution is 8.13. The summed E-state index contributed by atoms with van der Waals surface area (Å²) in [5.74, 6) is 0.893. The molecule has 0 saturated carbocycles. The van der Waals surface area contributed by atoms with Crippen LogP contribution in [-0.2, 0) is 5.75 Å². The van der Waals surface area contributed by atoms with Gasteiger partial charge >= 0.3 is 0 Å². The van der Waals surface area contributed by atoms with Crippen LogP contribution in [0.4, 0.5) is 0 Å². The molecule has 1 N–H and O–H groups in total. The molecule has 3 heteroatoms. The fraction of sp³-hybridized carbons (Fsp3) is 0.107. The molecule has 4 aromatic carbocycles. The van der Waals surface area contributed by atoms with Gasteiger partial charge in [-0.25, -0.2) is 0 Å². The van der Waals surface area contributed by atoms with Crippen LogP contribution in [0.3, 0.4) is 0 Å². The zero-order valence-corrected chi connectivity index (χ0v) is 18.0. The third-order valence-corrected chi connectivity index (χ3v) is 6.56. The summed E-state index contributed by atoms with van der Waals surface area (Å²) in [7, 11) is 0. The molecule has 2 nitrogen and oxygen atoms in total. The number of nitrogens with zero attached hydrogens (tertiary/aromatic N) is 1. The van der Waals surface area contributed by atoms with Crippen LogP contribution in [0.25, 0.3) is 11.1 Å². The van der Waals surface area contributed by atoms with Gasteiger partial charge in [-0.1, -0.05) is 127 Å². The highest BCUT2D eigenvalue weighted by Crippen LogP contribution is 2.38. The summed E-state index contributed by atoms with van der Waals surface area (Å²) in [6, 6.07) is 40.8. The quantitative estimate of drug-likeness (QED) is 0.375. The average molecular weight is 421 g/mol. The second kappa shape index (κ2) is 9.23. The van der Waals surface area contributed by atoms with Gasteiger partial charge in [0, 0.05) is 5.75 Å². The molecule has 1 aliphatic heterocycles. The highest BCUT2D eigenvalue weighted by Gasteiger charge is 2.31. The van der Waals surface area contributed by atoms with E-state index in [2.05, 4.69) is 121 Å². The monoisotopic (exact) mass is 420 g/mol. The molecular formula is C28H24N2S. The third kappa shape index (κ3) is 4.57. The van der Waals surface area contributed by atoms with Gasteiger partial charge in [0.25, 0.3) is 0 Å². The van der Waals surface area contributed by atoms with Gasteiger partial charge in [0.2, 0.25) is 0 Å². The largest absolute Gasteiger partial charge is 0.356 e. The Labute approximate surface area is 188 Å². The Morgan fingerprint density at radius 1 is 0.613 bits per heavy atom. The van der Waals surface area contributed by atoms with Crippen LogP contribution in [0.2, 0.25) is 0 Å². The van der Waals surface area contributed by atoms with Crippen LogP contribution in [0.5, 0.6) is 0 Å². The van der Waals surface area contributed by atoms with Gasteiger partial charge in [0.05, 0.1) is 6.04 Å². The van der Waals surface area contributed by atoms with Crippen molar-refractivity contribution in [3.8, 4) is 11.1 Å². The Hall–Kier alpha value is -3.30. The van der Waals surface area contributed by atoms with Gasteiger partial charge in [-0.05, 0) is 27.8 Å². The van der Waals surface area contributed by atoms with Crippen LogP contribution in [0.1, 0.15) is 28.8 Å². The van der Waals surface area contributed by atoms with E-state index in [1.54, 1.807) is 11.8 Å². The van der Waals surface area contributed by atoms with Crippen LogP contribution < -0.4 is 5.32 Å². The van der Waals surface area contributed by atoms with Crippen LogP contribution in [0, 0.1) is 0 Å². The molecule has 0 amide bonds. The predicted molar refractivity (Wildman–Crippen MR) is 132 cm³/mol. The zero-order chi connectivity index (χ0) is 20.9. The number of hydrogen-bond acceptors (Lipinski definition) is 3. The minimum atomic E-state index is 0.0894. The van der Waals surface area contributed by atoms with Gasteiger partial charge < -0.3 is 5.32 Å². The van der Waals surface area contributed by atoms with Gasteiger partial charge in [-0.3, -0.25) is 4.99 Å². The standard InChI is InChI=1S/C28H24N2S/c1-4-10-22(11-5-1)23-18-16-21(17-19-23)20-31-28-29-26(24-12-6-2-7-13-24)27(30-28)25-14-8-3-9-15-25/h1-19,26-27H,20H2,(H,29,30). The van der Waals surface area contributed by atoms with Crippen molar-refractivity contribution in [1.29, 1.82) is 0 Å². The van der Waals surface area contributed by atoms with E-state index in [0.29, 0.717) is 0 Å². The lowest BCUT2D eigenvalue weighted by Gasteiger charge is -2.19. The zero-order valence-electron chi connectivity index (χ0n) is 17.2. The molecule has 0 bridgehead atoms. The average Bonchev–Trinajstić information content (AvgIpc) is 3.29. The van der Waals surface area contributed by atoms with Crippen molar-refractivity contribution in [1.82, 2.24) is 5.32 Å². The molecule has 1 aliphatic rings. The number of amidine groups is 1. The number of hydrogen-bond donors (Lipinski definition) is 1. The maximum absolute atomic E-state index is 5.06.